The fourth-order valence-corrected chi connectivity index (χ4v) is 4.11. The van der Waals surface area contributed by atoms with Gasteiger partial charge in [-0.3, -0.25) is 4.72 Å². The molecule has 1 heterocycles. The van der Waals surface area contributed by atoms with Crippen LogP contribution < -0.4 is 4.72 Å². The first-order chi connectivity index (χ1) is 9.33. The highest BCUT2D eigenvalue weighted by atomic mass is 79.9. The quantitative estimate of drug-likeness (QED) is 0.852. The van der Waals surface area contributed by atoms with Gasteiger partial charge < -0.3 is 5.11 Å². The van der Waals surface area contributed by atoms with Gasteiger partial charge in [0, 0.05) is 9.35 Å². The molecule has 0 atom stereocenters. The fourth-order valence-electron chi connectivity index (χ4n) is 1.41. The summed E-state index contributed by atoms with van der Waals surface area (Å²) in [6.07, 6.45) is 0. The highest BCUT2D eigenvalue weighted by Gasteiger charge is 2.21. The summed E-state index contributed by atoms with van der Waals surface area (Å²) < 4.78 is 53.1. The largest absolute Gasteiger partial charge is 0.391 e. The molecule has 0 saturated carbocycles. The molecule has 0 bridgehead atoms. The van der Waals surface area contributed by atoms with Crippen LogP contribution in [0, 0.1) is 11.6 Å². The third-order valence-corrected chi connectivity index (χ3v) is 5.67. The zero-order valence-corrected chi connectivity index (χ0v) is 12.9. The molecule has 0 spiro atoms. The molecule has 0 saturated heterocycles. The van der Waals surface area contributed by atoms with Crippen LogP contribution in [0.3, 0.4) is 0 Å². The van der Waals surface area contributed by atoms with E-state index in [1.54, 1.807) is 0 Å². The minimum atomic E-state index is -4.10. The Morgan fingerprint density at radius 3 is 2.35 bits per heavy atom. The predicted molar refractivity (Wildman–Crippen MR) is 75.1 cm³/mol. The summed E-state index contributed by atoms with van der Waals surface area (Å²) in [5.41, 5.74) is -0.743. The normalized spacial score (nSPS) is 11.6. The van der Waals surface area contributed by atoms with Crippen LogP contribution in [-0.4, -0.2) is 13.5 Å². The average molecular weight is 384 g/mol. The summed E-state index contributed by atoms with van der Waals surface area (Å²) in [5.74, 6) is -2.06. The third-order valence-electron chi connectivity index (χ3n) is 2.30. The van der Waals surface area contributed by atoms with Crippen molar-refractivity contribution in [1.29, 1.82) is 0 Å². The van der Waals surface area contributed by atoms with Crippen LogP contribution in [0.4, 0.5) is 14.5 Å². The van der Waals surface area contributed by atoms with E-state index in [2.05, 4.69) is 15.9 Å². The van der Waals surface area contributed by atoms with Gasteiger partial charge in [-0.2, -0.15) is 0 Å². The number of rotatable bonds is 4. The lowest BCUT2D eigenvalue weighted by molar-refractivity contribution is 0.285. The summed E-state index contributed by atoms with van der Waals surface area (Å²) in [7, 11) is -4.10. The van der Waals surface area contributed by atoms with E-state index in [0.717, 1.165) is 23.5 Å². The van der Waals surface area contributed by atoms with Crippen molar-refractivity contribution in [3.8, 4) is 0 Å². The highest BCUT2D eigenvalue weighted by molar-refractivity contribution is 9.10. The first-order valence-electron chi connectivity index (χ1n) is 5.20. The fraction of sp³-hybridized carbons (Fsp3) is 0.0909. The number of halogens is 3. The van der Waals surface area contributed by atoms with E-state index < -0.39 is 27.3 Å². The van der Waals surface area contributed by atoms with Crippen LogP contribution in [0.2, 0.25) is 0 Å². The van der Waals surface area contributed by atoms with Crippen LogP contribution >= 0.6 is 27.3 Å². The zero-order valence-electron chi connectivity index (χ0n) is 9.73. The van der Waals surface area contributed by atoms with Gasteiger partial charge in [-0.1, -0.05) is 15.9 Å². The molecule has 0 aliphatic heterocycles. The van der Waals surface area contributed by atoms with Crippen LogP contribution in [0.25, 0.3) is 0 Å². The number of nitrogens with one attached hydrogen (secondary N) is 1. The minimum absolute atomic E-state index is 0.136. The summed E-state index contributed by atoms with van der Waals surface area (Å²) in [6, 6.07) is 4.59. The van der Waals surface area contributed by atoms with Crippen molar-refractivity contribution in [2.24, 2.45) is 0 Å². The Bertz CT molecular complexity index is 723. The molecule has 2 rings (SSSR count). The van der Waals surface area contributed by atoms with E-state index in [-0.39, 0.29) is 15.3 Å². The average Bonchev–Trinajstić information content (AvgIpc) is 2.83. The molecule has 9 heteroatoms. The molecular formula is C11H8BrF2NO3S2. The summed E-state index contributed by atoms with van der Waals surface area (Å²) in [5, 5.41) is 8.90. The molecular weight excluding hydrogens is 376 g/mol. The Labute approximate surface area is 126 Å². The molecule has 0 amide bonds. The first-order valence-corrected chi connectivity index (χ1v) is 8.29. The molecule has 0 unspecified atom stereocenters. The molecule has 0 aliphatic carbocycles. The number of thiophene rings is 1. The molecule has 0 radical (unpaired) electrons. The number of anilines is 1. The Morgan fingerprint density at radius 1 is 1.25 bits per heavy atom. The van der Waals surface area contributed by atoms with Crippen LogP contribution in [0.5, 0.6) is 0 Å². The number of benzene rings is 1. The van der Waals surface area contributed by atoms with Crippen molar-refractivity contribution in [3.05, 3.63) is 45.2 Å². The lowest BCUT2D eigenvalue weighted by atomic mass is 10.3. The monoisotopic (exact) mass is 383 g/mol. The Hall–Kier alpha value is -1.03. The molecule has 1 aromatic carbocycles. The van der Waals surface area contributed by atoms with Gasteiger partial charge in [-0.15, -0.1) is 11.3 Å². The molecule has 108 valence electrons. The lowest BCUT2D eigenvalue weighted by Crippen LogP contribution is -2.14. The molecule has 2 aromatic rings. The maximum Gasteiger partial charge on any atom is 0.271 e. The van der Waals surface area contributed by atoms with Crippen molar-refractivity contribution >= 4 is 43.0 Å². The van der Waals surface area contributed by atoms with Gasteiger partial charge >= 0.3 is 0 Å². The number of hydrogen-bond acceptors (Lipinski definition) is 4. The van der Waals surface area contributed by atoms with E-state index in [1.807, 2.05) is 4.72 Å². The number of sulfonamides is 1. The van der Waals surface area contributed by atoms with E-state index in [0.29, 0.717) is 4.88 Å². The van der Waals surface area contributed by atoms with Gasteiger partial charge in [-0.05, 0) is 24.3 Å². The molecule has 20 heavy (non-hydrogen) atoms. The molecule has 2 N–H and O–H groups in total. The SMILES string of the molecule is O=S(=O)(Nc1c(F)cc(Br)cc1F)c1ccc(CO)s1. The van der Waals surface area contributed by atoms with Gasteiger partial charge in [0.15, 0.2) is 11.6 Å². The maximum absolute atomic E-state index is 13.6. The van der Waals surface area contributed by atoms with Gasteiger partial charge in [-0.25, -0.2) is 17.2 Å². The van der Waals surface area contributed by atoms with Crippen molar-refractivity contribution in [1.82, 2.24) is 0 Å². The summed E-state index contributed by atoms with van der Waals surface area (Å²) >= 11 is 3.72. The number of aliphatic hydroxyl groups is 1. The number of hydrogen-bond donors (Lipinski definition) is 2. The molecule has 4 nitrogen and oxygen atoms in total. The van der Waals surface area contributed by atoms with E-state index >= 15 is 0 Å². The van der Waals surface area contributed by atoms with Gasteiger partial charge in [0.1, 0.15) is 9.90 Å². The molecule has 0 aliphatic rings. The van der Waals surface area contributed by atoms with E-state index in [1.165, 1.54) is 12.1 Å². The van der Waals surface area contributed by atoms with Gasteiger partial charge in [0.25, 0.3) is 10.0 Å². The topological polar surface area (TPSA) is 66.4 Å². The van der Waals surface area contributed by atoms with E-state index in [4.69, 9.17) is 5.11 Å². The van der Waals surface area contributed by atoms with Gasteiger partial charge in [0.2, 0.25) is 0 Å². The smallest absolute Gasteiger partial charge is 0.271 e. The second-order valence-corrected chi connectivity index (χ2v) is 7.72. The van der Waals surface area contributed by atoms with Crippen molar-refractivity contribution in [2.45, 2.75) is 10.8 Å². The Kier molecular flexibility index (Phi) is 4.43. The Balaban J connectivity index is 2.38. The maximum atomic E-state index is 13.6. The van der Waals surface area contributed by atoms with Crippen LogP contribution in [-0.2, 0) is 16.6 Å². The summed E-state index contributed by atoms with van der Waals surface area (Å²) in [6.45, 7) is -0.304. The number of aliphatic hydroxyl groups excluding tert-OH is 1. The predicted octanol–water partition coefficient (Wildman–Crippen LogP) is 3.08. The van der Waals surface area contributed by atoms with Crippen molar-refractivity contribution < 1.29 is 22.3 Å². The zero-order chi connectivity index (χ0) is 14.9. The molecule has 1 aromatic heterocycles. The minimum Gasteiger partial charge on any atom is -0.391 e. The van der Waals surface area contributed by atoms with Crippen molar-refractivity contribution in [2.75, 3.05) is 4.72 Å². The van der Waals surface area contributed by atoms with Crippen LogP contribution in [0.15, 0.2) is 32.9 Å². The molecule has 0 fully saturated rings. The highest BCUT2D eigenvalue weighted by Crippen LogP contribution is 2.28. The van der Waals surface area contributed by atoms with Gasteiger partial charge in [0.05, 0.1) is 6.61 Å². The van der Waals surface area contributed by atoms with Crippen molar-refractivity contribution in [3.63, 3.8) is 0 Å². The second-order valence-electron chi connectivity index (χ2n) is 3.73. The second kappa shape index (κ2) is 5.76. The standard InChI is InChI=1S/C11H8BrF2NO3S2/c12-6-3-8(13)11(9(14)4-6)15-20(17,18)10-2-1-7(5-16)19-10/h1-4,15-16H,5H2. The first kappa shape index (κ1) is 15.4. The summed E-state index contributed by atoms with van der Waals surface area (Å²) in [4.78, 5) is 0.433. The van der Waals surface area contributed by atoms with E-state index in [9.17, 15) is 17.2 Å². The lowest BCUT2D eigenvalue weighted by Gasteiger charge is -2.08. The van der Waals surface area contributed by atoms with Crippen LogP contribution in [0.1, 0.15) is 4.88 Å². The third kappa shape index (κ3) is 3.17. The Morgan fingerprint density at radius 2 is 1.85 bits per heavy atom.